The number of pyridine rings is 1. The highest BCUT2D eigenvalue weighted by Gasteiger charge is 2.29. The molecule has 0 aliphatic carbocycles. The summed E-state index contributed by atoms with van der Waals surface area (Å²) >= 11 is 0. The molecule has 122 valence electrons. The van der Waals surface area contributed by atoms with E-state index in [1.54, 1.807) is 19.4 Å². The maximum absolute atomic E-state index is 12.4. The third kappa shape index (κ3) is 3.19. The van der Waals surface area contributed by atoms with Gasteiger partial charge in [-0.05, 0) is 19.4 Å². The van der Waals surface area contributed by atoms with E-state index >= 15 is 0 Å². The van der Waals surface area contributed by atoms with Crippen molar-refractivity contribution in [3.05, 3.63) is 40.8 Å². The maximum Gasteiger partial charge on any atom is 0.272 e. The largest absolute Gasteiger partial charge is 0.481 e. The zero-order valence-electron chi connectivity index (χ0n) is 13.4. The average Bonchev–Trinajstić information content (AvgIpc) is 2.97. The summed E-state index contributed by atoms with van der Waals surface area (Å²) in [5, 5.41) is 9.97. The molecule has 1 aliphatic rings. The molecule has 1 aliphatic heterocycles. The molecule has 0 fully saturated rings. The Bertz CT molecular complexity index is 696. The van der Waals surface area contributed by atoms with Crippen molar-refractivity contribution in [2.45, 2.75) is 39.0 Å². The Hall–Kier alpha value is -2.41. The Balaban J connectivity index is 1.69. The molecule has 2 aromatic heterocycles. The minimum Gasteiger partial charge on any atom is -0.481 e. The molecule has 2 atom stereocenters. The summed E-state index contributed by atoms with van der Waals surface area (Å²) in [6, 6.07) is 3.63. The van der Waals surface area contributed by atoms with Gasteiger partial charge >= 0.3 is 0 Å². The molecule has 0 saturated heterocycles. The lowest BCUT2D eigenvalue weighted by Crippen LogP contribution is -2.27. The second kappa shape index (κ2) is 6.37. The molecule has 7 nitrogen and oxygen atoms in total. The van der Waals surface area contributed by atoms with Gasteiger partial charge in [-0.3, -0.25) is 9.89 Å². The topological polar surface area (TPSA) is 89.1 Å². The van der Waals surface area contributed by atoms with Crippen molar-refractivity contribution in [1.82, 2.24) is 20.5 Å². The van der Waals surface area contributed by atoms with Crippen LogP contribution in [0.5, 0.6) is 5.88 Å². The predicted molar refractivity (Wildman–Crippen MR) is 83.2 cm³/mol. The number of ether oxygens (including phenoxy) is 2. The molecule has 3 heterocycles. The summed E-state index contributed by atoms with van der Waals surface area (Å²) in [4.78, 5) is 16.5. The standard InChI is InChI=1S/C16H20N4O3/c1-9-6-12-14(10(2)23-9)19-20-15(12)16(21)18-8-11-4-5-13(22-3)17-7-11/h4-5,7,9-10H,6,8H2,1-3H3,(H,18,21)(H,19,20)/t9-,10+/m0/s1. The number of H-pyrrole nitrogens is 1. The summed E-state index contributed by atoms with van der Waals surface area (Å²) < 4.78 is 10.7. The monoisotopic (exact) mass is 316 g/mol. The van der Waals surface area contributed by atoms with E-state index in [2.05, 4.69) is 20.5 Å². The molecule has 0 radical (unpaired) electrons. The summed E-state index contributed by atoms with van der Waals surface area (Å²) in [5.74, 6) is 0.351. The SMILES string of the molecule is COc1ccc(CNC(=O)c2n[nH]c3c2C[C@H](C)O[C@@H]3C)cn1. The van der Waals surface area contributed by atoms with Gasteiger partial charge in [-0.15, -0.1) is 0 Å². The summed E-state index contributed by atoms with van der Waals surface area (Å²) in [5.41, 5.74) is 3.18. The Labute approximate surface area is 134 Å². The first-order valence-electron chi connectivity index (χ1n) is 7.58. The second-order valence-corrected chi connectivity index (χ2v) is 5.65. The molecule has 0 saturated carbocycles. The highest BCUT2D eigenvalue weighted by atomic mass is 16.5. The van der Waals surface area contributed by atoms with Gasteiger partial charge in [0.2, 0.25) is 5.88 Å². The Morgan fingerprint density at radius 3 is 3.00 bits per heavy atom. The van der Waals surface area contributed by atoms with E-state index in [9.17, 15) is 4.79 Å². The molecule has 2 aromatic rings. The second-order valence-electron chi connectivity index (χ2n) is 5.65. The van der Waals surface area contributed by atoms with E-state index in [-0.39, 0.29) is 18.1 Å². The van der Waals surface area contributed by atoms with Gasteiger partial charge in [-0.25, -0.2) is 4.98 Å². The van der Waals surface area contributed by atoms with Crippen LogP contribution in [0.1, 0.15) is 47.3 Å². The zero-order chi connectivity index (χ0) is 16.4. The summed E-state index contributed by atoms with van der Waals surface area (Å²) in [7, 11) is 1.57. The van der Waals surface area contributed by atoms with Crippen LogP contribution in [0.4, 0.5) is 0 Å². The number of carbonyl (C=O) groups excluding carboxylic acids is 1. The number of aromatic amines is 1. The number of methoxy groups -OCH3 is 1. The molecule has 0 aromatic carbocycles. The number of carbonyl (C=O) groups is 1. The van der Waals surface area contributed by atoms with E-state index in [1.807, 2.05) is 19.9 Å². The number of amides is 1. The zero-order valence-corrected chi connectivity index (χ0v) is 13.4. The molecule has 3 rings (SSSR count). The molecule has 0 unspecified atom stereocenters. The molecule has 7 heteroatoms. The quantitative estimate of drug-likeness (QED) is 0.897. The first kappa shape index (κ1) is 15.5. The number of aromatic nitrogens is 3. The fourth-order valence-electron chi connectivity index (χ4n) is 2.76. The fraction of sp³-hybridized carbons (Fsp3) is 0.438. The molecular weight excluding hydrogens is 296 g/mol. The van der Waals surface area contributed by atoms with Crippen LogP contribution in [-0.2, 0) is 17.7 Å². The van der Waals surface area contributed by atoms with Gasteiger partial charge < -0.3 is 14.8 Å². The maximum atomic E-state index is 12.4. The lowest BCUT2D eigenvalue weighted by molar-refractivity contribution is -0.00697. The van der Waals surface area contributed by atoms with Crippen molar-refractivity contribution in [2.75, 3.05) is 7.11 Å². The normalized spacial score (nSPS) is 20.0. The van der Waals surface area contributed by atoms with Crippen molar-refractivity contribution in [1.29, 1.82) is 0 Å². The number of hydrogen-bond donors (Lipinski definition) is 2. The molecular formula is C16H20N4O3. The first-order chi connectivity index (χ1) is 11.1. The number of nitrogens with zero attached hydrogens (tertiary/aromatic N) is 2. The minimum absolute atomic E-state index is 0.0754. The number of nitrogens with one attached hydrogen (secondary N) is 2. The van der Waals surface area contributed by atoms with Crippen LogP contribution in [0.3, 0.4) is 0 Å². The molecule has 23 heavy (non-hydrogen) atoms. The Morgan fingerprint density at radius 1 is 1.48 bits per heavy atom. The number of hydrogen-bond acceptors (Lipinski definition) is 5. The van der Waals surface area contributed by atoms with Crippen molar-refractivity contribution in [2.24, 2.45) is 0 Å². The predicted octanol–water partition coefficient (Wildman–Crippen LogP) is 1.77. The van der Waals surface area contributed by atoms with E-state index in [1.165, 1.54) is 0 Å². The van der Waals surface area contributed by atoms with E-state index in [4.69, 9.17) is 9.47 Å². The van der Waals surface area contributed by atoms with E-state index in [0.29, 0.717) is 24.5 Å². The van der Waals surface area contributed by atoms with Crippen LogP contribution >= 0.6 is 0 Å². The molecule has 0 bridgehead atoms. The Morgan fingerprint density at radius 2 is 2.30 bits per heavy atom. The van der Waals surface area contributed by atoms with Crippen LogP contribution in [0.15, 0.2) is 18.3 Å². The van der Waals surface area contributed by atoms with Gasteiger partial charge in [0.15, 0.2) is 5.69 Å². The van der Waals surface area contributed by atoms with Crippen LogP contribution in [0, 0.1) is 0 Å². The minimum atomic E-state index is -0.195. The van der Waals surface area contributed by atoms with Crippen molar-refractivity contribution in [3.63, 3.8) is 0 Å². The van der Waals surface area contributed by atoms with Gasteiger partial charge in [-0.2, -0.15) is 5.10 Å². The van der Waals surface area contributed by atoms with Gasteiger partial charge in [0, 0.05) is 30.8 Å². The third-order valence-corrected chi connectivity index (χ3v) is 3.91. The third-order valence-electron chi connectivity index (χ3n) is 3.91. The average molecular weight is 316 g/mol. The lowest BCUT2D eigenvalue weighted by Gasteiger charge is -2.25. The van der Waals surface area contributed by atoms with Gasteiger partial charge in [0.25, 0.3) is 5.91 Å². The van der Waals surface area contributed by atoms with Crippen LogP contribution in [-0.4, -0.2) is 34.3 Å². The van der Waals surface area contributed by atoms with Crippen LogP contribution < -0.4 is 10.1 Å². The van der Waals surface area contributed by atoms with Gasteiger partial charge in [-0.1, -0.05) is 6.07 Å². The summed E-state index contributed by atoms with van der Waals surface area (Å²) in [6.45, 7) is 4.34. The van der Waals surface area contributed by atoms with Gasteiger partial charge in [0.1, 0.15) is 0 Å². The smallest absolute Gasteiger partial charge is 0.272 e. The van der Waals surface area contributed by atoms with E-state index in [0.717, 1.165) is 16.8 Å². The first-order valence-corrected chi connectivity index (χ1v) is 7.58. The van der Waals surface area contributed by atoms with Gasteiger partial charge in [0.05, 0.1) is 25.0 Å². The number of rotatable bonds is 4. The molecule has 1 amide bonds. The number of fused-ring (bicyclic) bond motifs is 1. The van der Waals surface area contributed by atoms with Crippen molar-refractivity contribution in [3.8, 4) is 5.88 Å². The van der Waals surface area contributed by atoms with Crippen molar-refractivity contribution >= 4 is 5.91 Å². The van der Waals surface area contributed by atoms with Crippen LogP contribution in [0.25, 0.3) is 0 Å². The highest BCUT2D eigenvalue weighted by molar-refractivity contribution is 5.94. The molecule has 0 spiro atoms. The fourth-order valence-corrected chi connectivity index (χ4v) is 2.76. The molecule has 2 N–H and O–H groups in total. The highest BCUT2D eigenvalue weighted by Crippen LogP contribution is 2.30. The van der Waals surface area contributed by atoms with E-state index < -0.39 is 0 Å². The Kier molecular flexibility index (Phi) is 4.29. The van der Waals surface area contributed by atoms with Crippen molar-refractivity contribution < 1.29 is 14.3 Å². The lowest BCUT2D eigenvalue weighted by atomic mass is 9.99. The van der Waals surface area contributed by atoms with Crippen LogP contribution in [0.2, 0.25) is 0 Å². The summed E-state index contributed by atoms with van der Waals surface area (Å²) in [6.07, 6.45) is 2.36.